The minimum Gasteiger partial charge on any atom is -0.396 e. The van der Waals surface area contributed by atoms with Gasteiger partial charge in [-0.25, -0.2) is 0 Å². The molecule has 0 aliphatic carbocycles. The Balaban J connectivity index is 1.19. The van der Waals surface area contributed by atoms with Crippen LogP contribution in [0.15, 0.2) is 170 Å². The molecule has 0 spiro atoms. The average molecular weight is 668 g/mol. The zero-order valence-electron chi connectivity index (χ0n) is 27.0. The van der Waals surface area contributed by atoms with Crippen molar-refractivity contribution in [3.05, 3.63) is 170 Å². The maximum atomic E-state index is 6.99. The first kappa shape index (κ1) is 30.8. The van der Waals surface area contributed by atoms with E-state index in [1.807, 2.05) is 72.8 Å². The molecule has 242 valence electrons. The number of nitrogens with one attached hydrogen (secondary N) is 2. The van der Waals surface area contributed by atoms with E-state index in [1.54, 1.807) is 0 Å². The van der Waals surface area contributed by atoms with Crippen LogP contribution < -0.4 is 20.3 Å². The number of nitrogens with zero attached hydrogens (tertiary/aromatic N) is 4. The number of hydrogen-bond acceptors (Lipinski definition) is 7. The number of para-hydroxylation sites is 4. The van der Waals surface area contributed by atoms with Crippen LogP contribution in [-0.4, -0.2) is 15.4 Å². The number of rotatable bonds is 9. The topological polar surface area (TPSA) is 86.1 Å². The molecular formula is C42H33N7S. The van der Waals surface area contributed by atoms with Gasteiger partial charge < -0.3 is 20.3 Å². The number of H-pyrrole nitrogens is 1. The molecule has 4 N–H and O–H groups in total. The van der Waals surface area contributed by atoms with E-state index < -0.39 is 0 Å². The van der Waals surface area contributed by atoms with Crippen molar-refractivity contribution in [1.29, 1.82) is 0 Å². The van der Waals surface area contributed by atoms with Crippen molar-refractivity contribution >= 4 is 69.3 Å². The summed E-state index contributed by atoms with van der Waals surface area (Å²) in [6, 6.07) is 58.1. The van der Waals surface area contributed by atoms with Gasteiger partial charge in [0.1, 0.15) is 11.0 Å². The molecular weight excluding hydrogens is 635 g/mol. The molecule has 8 aromatic rings. The Kier molecular flexibility index (Phi) is 8.34. The lowest BCUT2D eigenvalue weighted by atomic mass is 9.93. The maximum Gasteiger partial charge on any atom is 0.123 e. The molecule has 0 saturated heterocycles. The van der Waals surface area contributed by atoms with Gasteiger partial charge in [-0.1, -0.05) is 110 Å². The summed E-state index contributed by atoms with van der Waals surface area (Å²) >= 11 is 4.54. The van der Waals surface area contributed by atoms with Crippen molar-refractivity contribution in [3.63, 3.8) is 0 Å². The van der Waals surface area contributed by atoms with Crippen LogP contribution in [0.4, 0.5) is 45.5 Å². The minimum absolute atomic E-state index is 0.534. The first-order valence-corrected chi connectivity index (χ1v) is 16.7. The molecule has 1 aromatic heterocycles. The summed E-state index contributed by atoms with van der Waals surface area (Å²) in [5, 5.41) is 12.1. The van der Waals surface area contributed by atoms with E-state index in [0.29, 0.717) is 22.4 Å². The molecule has 0 fully saturated rings. The summed E-state index contributed by atoms with van der Waals surface area (Å²) in [6.07, 6.45) is 0. The van der Waals surface area contributed by atoms with Gasteiger partial charge >= 0.3 is 0 Å². The van der Waals surface area contributed by atoms with E-state index >= 15 is 0 Å². The quantitative estimate of drug-likeness (QED) is 0.0905. The Morgan fingerprint density at radius 3 is 1.12 bits per heavy atom. The van der Waals surface area contributed by atoms with E-state index in [-0.39, 0.29) is 0 Å². The molecule has 0 unspecified atom stereocenters. The number of nitrogens with two attached hydrogens (primary N) is 1. The smallest absolute Gasteiger partial charge is 0.123 e. The fourth-order valence-corrected chi connectivity index (χ4v) is 6.76. The molecule has 0 aliphatic rings. The van der Waals surface area contributed by atoms with Crippen molar-refractivity contribution in [2.45, 2.75) is 0 Å². The third kappa shape index (κ3) is 5.67. The zero-order chi connectivity index (χ0) is 33.9. The van der Waals surface area contributed by atoms with Gasteiger partial charge in [0.15, 0.2) is 0 Å². The summed E-state index contributed by atoms with van der Waals surface area (Å²) in [6.45, 7) is 0. The monoisotopic (exact) mass is 667 g/mol. The highest BCUT2D eigenvalue weighted by atomic mass is 32.1. The van der Waals surface area contributed by atoms with Crippen LogP contribution in [-0.2, 0) is 0 Å². The van der Waals surface area contributed by atoms with E-state index in [1.165, 1.54) is 0 Å². The Morgan fingerprint density at radius 2 is 0.760 bits per heavy atom. The Hall–Kier alpha value is -6.51. The lowest BCUT2D eigenvalue weighted by Crippen LogP contribution is -2.09. The molecule has 7 nitrogen and oxygen atoms in total. The van der Waals surface area contributed by atoms with Gasteiger partial charge in [0.2, 0.25) is 0 Å². The molecule has 0 aliphatic heterocycles. The second-order valence-electron chi connectivity index (χ2n) is 11.8. The molecule has 8 heteroatoms. The number of hydrogen-bond donors (Lipinski definition) is 4. The summed E-state index contributed by atoms with van der Waals surface area (Å²) < 4.78 is 3.09. The van der Waals surface area contributed by atoms with Gasteiger partial charge in [-0.2, -0.15) is 15.4 Å². The van der Waals surface area contributed by atoms with Crippen molar-refractivity contribution in [3.8, 4) is 22.3 Å². The van der Waals surface area contributed by atoms with Crippen molar-refractivity contribution in [2.24, 2.45) is 0 Å². The predicted octanol–water partition coefficient (Wildman–Crippen LogP) is 11.1. The number of thiol groups is 1. The normalized spacial score (nSPS) is 11.0. The Labute approximate surface area is 296 Å². The Morgan fingerprint density at radius 1 is 0.440 bits per heavy atom. The highest BCUT2D eigenvalue weighted by Gasteiger charge is 2.24. The van der Waals surface area contributed by atoms with Gasteiger partial charge in [-0.05, 0) is 83.9 Å². The van der Waals surface area contributed by atoms with Gasteiger partial charge in [0.05, 0.1) is 11.4 Å². The molecule has 50 heavy (non-hydrogen) atoms. The largest absolute Gasteiger partial charge is 0.396 e. The number of aromatic nitrogens is 3. The fraction of sp³-hybridized carbons (Fsp3) is 0. The molecule has 0 radical (unpaired) electrons. The minimum atomic E-state index is 0.534. The molecule has 7 aromatic carbocycles. The van der Waals surface area contributed by atoms with Crippen molar-refractivity contribution in [1.82, 2.24) is 15.4 Å². The van der Waals surface area contributed by atoms with Crippen molar-refractivity contribution in [2.75, 3.05) is 20.3 Å². The lowest BCUT2D eigenvalue weighted by molar-refractivity contribution is 0.960. The molecule has 8 rings (SSSR count). The van der Waals surface area contributed by atoms with E-state index in [9.17, 15) is 0 Å². The third-order valence-corrected chi connectivity index (χ3v) is 9.03. The second kappa shape index (κ2) is 13.5. The molecule has 0 saturated carbocycles. The van der Waals surface area contributed by atoms with Crippen LogP contribution in [0, 0.1) is 0 Å². The summed E-state index contributed by atoms with van der Waals surface area (Å²) in [4.78, 5) is 4.45. The highest BCUT2D eigenvalue weighted by Crippen LogP contribution is 2.47. The lowest BCUT2D eigenvalue weighted by Gasteiger charge is -2.26. The van der Waals surface area contributed by atoms with E-state index in [2.05, 4.69) is 140 Å². The second-order valence-corrected chi connectivity index (χ2v) is 12.0. The number of benzene rings is 7. The summed E-state index contributed by atoms with van der Waals surface area (Å²) in [5.74, 6) is 0. The van der Waals surface area contributed by atoms with Gasteiger partial charge in [0, 0.05) is 45.3 Å². The number of aromatic amines is 1. The first-order chi connectivity index (χ1) is 24.7. The fourth-order valence-electron chi connectivity index (χ4n) is 6.53. The number of fused-ring (bicyclic) bond motifs is 1. The van der Waals surface area contributed by atoms with E-state index in [0.717, 1.165) is 56.4 Å². The van der Waals surface area contributed by atoms with Crippen LogP contribution in [0.1, 0.15) is 0 Å². The SMILES string of the molecule is Nc1c(NS)c(-c2ccc(N(c3ccccc3)c3ccccc3)cc2)c2n[nH]nc2c1-c1ccc(N(c2ccccc2)c2ccccc2)cc1. The van der Waals surface area contributed by atoms with Gasteiger partial charge in [-0.15, -0.1) is 0 Å². The van der Waals surface area contributed by atoms with Crippen LogP contribution in [0.3, 0.4) is 0 Å². The predicted molar refractivity (Wildman–Crippen MR) is 211 cm³/mol. The zero-order valence-corrected chi connectivity index (χ0v) is 27.9. The highest BCUT2D eigenvalue weighted by molar-refractivity contribution is 7.81. The molecule has 0 bridgehead atoms. The van der Waals surface area contributed by atoms with Crippen LogP contribution in [0.5, 0.6) is 0 Å². The van der Waals surface area contributed by atoms with Crippen molar-refractivity contribution < 1.29 is 0 Å². The molecule has 1 heterocycles. The van der Waals surface area contributed by atoms with E-state index in [4.69, 9.17) is 5.73 Å². The van der Waals surface area contributed by atoms with Gasteiger partial charge in [0.25, 0.3) is 0 Å². The third-order valence-electron chi connectivity index (χ3n) is 8.81. The van der Waals surface area contributed by atoms with Crippen LogP contribution in [0.2, 0.25) is 0 Å². The standard InChI is InChI=1S/C42H33N7S/c43-39-37(29-21-25-35(26-22-29)48(31-13-5-1-6-14-31)32-15-7-2-8-16-32)41-42(45-47-44-41)38(40(39)46-50)30-23-27-36(28-24-30)49(33-17-9-3-10-18-33)34-19-11-4-12-20-34/h1-28,46,50H,43H2,(H,44,45,47). The van der Waals surface area contributed by atoms with Crippen LogP contribution >= 0.6 is 12.8 Å². The Bertz CT molecular complexity index is 2270. The number of nitrogen functional groups attached to an aromatic ring is 1. The van der Waals surface area contributed by atoms with Crippen LogP contribution in [0.25, 0.3) is 33.3 Å². The first-order valence-electron chi connectivity index (χ1n) is 16.3. The summed E-state index contributed by atoms with van der Waals surface area (Å²) in [7, 11) is 0. The van der Waals surface area contributed by atoms with Gasteiger partial charge in [-0.3, -0.25) is 0 Å². The average Bonchev–Trinajstić information content (AvgIpc) is 3.66. The maximum absolute atomic E-state index is 6.99. The number of anilines is 8. The molecule has 0 atom stereocenters. The molecule has 0 amide bonds. The summed E-state index contributed by atoms with van der Waals surface area (Å²) in [5.41, 5.74) is 19.3.